The molecule has 1 atom stereocenters. The number of hydrogen-bond acceptors (Lipinski definition) is 0. The monoisotopic (exact) mass is 176 g/mol. The van der Waals surface area contributed by atoms with Crippen molar-refractivity contribution in [3.8, 4) is 0 Å². The molecule has 1 aliphatic heterocycles. The molecule has 1 heterocycles. The van der Waals surface area contributed by atoms with E-state index < -0.39 is 7.38 Å². The van der Waals surface area contributed by atoms with Gasteiger partial charge in [0.1, 0.15) is 0 Å². The fraction of sp³-hybridized carbons (Fsp3) is 1.00. The summed E-state index contributed by atoms with van der Waals surface area (Å²) in [7, 11) is -1.35. The van der Waals surface area contributed by atoms with Crippen molar-refractivity contribution in [2.75, 3.05) is 0 Å². The van der Waals surface area contributed by atoms with Gasteiger partial charge in [-0.05, 0) is 17.5 Å². The Morgan fingerprint density at radius 1 is 1.30 bits per heavy atom. The van der Waals surface area contributed by atoms with E-state index in [0.29, 0.717) is 5.04 Å². The van der Waals surface area contributed by atoms with E-state index in [2.05, 4.69) is 20.4 Å². The fourth-order valence-electron chi connectivity index (χ4n) is 1.62. The second kappa shape index (κ2) is 2.52. The zero-order valence-electron chi connectivity index (χ0n) is 7.21. The molecule has 0 radical (unpaired) electrons. The van der Waals surface area contributed by atoms with Gasteiger partial charge in [-0.25, -0.2) is 0 Å². The molecule has 0 aromatic carbocycles. The highest BCUT2D eigenvalue weighted by Gasteiger charge is 2.43. The molecule has 1 fully saturated rings. The molecule has 0 amide bonds. The van der Waals surface area contributed by atoms with Gasteiger partial charge in [-0.15, -0.1) is 0 Å². The van der Waals surface area contributed by atoms with Gasteiger partial charge in [-0.3, -0.25) is 0 Å². The van der Waals surface area contributed by atoms with Crippen LogP contribution in [0.2, 0.25) is 17.6 Å². The van der Waals surface area contributed by atoms with Crippen LogP contribution in [0.5, 0.6) is 0 Å². The summed E-state index contributed by atoms with van der Waals surface area (Å²) in [6.45, 7) is 6.99. The van der Waals surface area contributed by atoms with Gasteiger partial charge in [-0.1, -0.05) is 33.2 Å². The summed E-state index contributed by atoms with van der Waals surface area (Å²) in [6, 6.07) is 1.32. The molecule has 0 N–H and O–H groups in total. The predicted octanol–water partition coefficient (Wildman–Crippen LogP) is 3.76. The average molecular weight is 177 g/mol. The van der Waals surface area contributed by atoms with Crippen molar-refractivity contribution in [2.45, 2.75) is 50.7 Å². The maximum atomic E-state index is 6.50. The molecule has 0 aliphatic carbocycles. The lowest BCUT2D eigenvalue weighted by molar-refractivity contribution is 0.518. The smallest absolute Gasteiger partial charge is 0.159 e. The molecule has 0 bridgehead atoms. The lowest BCUT2D eigenvalue weighted by Gasteiger charge is -2.41. The Bertz CT molecular complexity index is 113. The maximum absolute atomic E-state index is 6.50. The zero-order valence-corrected chi connectivity index (χ0v) is 8.96. The first kappa shape index (κ1) is 8.60. The highest BCUT2D eigenvalue weighted by molar-refractivity contribution is 7.21. The van der Waals surface area contributed by atoms with E-state index in [0.717, 1.165) is 0 Å². The largest absolute Gasteiger partial charge is 0.167 e. The normalized spacial score (nSPS) is 39.6. The minimum Gasteiger partial charge on any atom is -0.167 e. The fourth-order valence-corrected chi connectivity index (χ4v) is 4.60. The molecule has 0 spiro atoms. The molecule has 0 nitrogen and oxygen atoms in total. The maximum Gasteiger partial charge on any atom is 0.159 e. The predicted molar refractivity (Wildman–Crippen MR) is 50.2 cm³/mol. The van der Waals surface area contributed by atoms with Gasteiger partial charge in [-0.2, -0.15) is 11.1 Å². The van der Waals surface area contributed by atoms with E-state index >= 15 is 0 Å². The quantitative estimate of drug-likeness (QED) is 0.390. The first-order valence-electron chi connectivity index (χ1n) is 4.15. The van der Waals surface area contributed by atoms with Gasteiger partial charge < -0.3 is 0 Å². The van der Waals surface area contributed by atoms with Crippen molar-refractivity contribution in [1.82, 2.24) is 0 Å². The zero-order chi connectivity index (χ0) is 7.83. The van der Waals surface area contributed by atoms with Crippen LogP contribution in [-0.4, -0.2) is 7.38 Å². The van der Waals surface area contributed by atoms with E-state index in [9.17, 15) is 0 Å². The van der Waals surface area contributed by atoms with E-state index in [1.165, 1.54) is 25.3 Å². The van der Waals surface area contributed by atoms with Gasteiger partial charge in [0, 0.05) is 0 Å². The Balaban J connectivity index is 2.70. The Morgan fingerprint density at radius 3 is 2.20 bits per heavy atom. The van der Waals surface area contributed by atoms with Crippen LogP contribution >= 0.6 is 11.1 Å². The van der Waals surface area contributed by atoms with Gasteiger partial charge in [0.05, 0.1) is 0 Å². The molecular weight excluding hydrogens is 160 g/mol. The molecule has 10 heavy (non-hydrogen) atoms. The Labute approximate surface area is 69.7 Å². The average Bonchev–Trinajstić information content (AvgIpc) is 1.77. The van der Waals surface area contributed by atoms with Crippen LogP contribution < -0.4 is 0 Å². The summed E-state index contributed by atoms with van der Waals surface area (Å²) >= 11 is 6.50. The van der Waals surface area contributed by atoms with Crippen molar-refractivity contribution in [3.05, 3.63) is 0 Å². The topological polar surface area (TPSA) is 0 Å². The van der Waals surface area contributed by atoms with Gasteiger partial charge in [0.25, 0.3) is 0 Å². The lowest BCUT2D eigenvalue weighted by atomic mass is 10.1. The van der Waals surface area contributed by atoms with Crippen molar-refractivity contribution >= 4 is 18.5 Å². The van der Waals surface area contributed by atoms with E-state index in [1.807, 2.05) is 0 Å². The minimum atomic E-state index is -1.35. The molecule has 1 aliphatic rings. The molecule has 1 saturated heterocycles. The van der Waals surface area contributed by atoms with Gasteiger partial charge in [0.2, 0.25) is 0 Å². The van der Waals surface area contributed by atoms with Crippen LogP contribution in [0.15, 0.2) is 0 Å². The van der Waals surface area contributed by atoms with Crippen molar-refractivity contribution in [2.24, 2.45) is 0 Å². The van der Waals surface area contributed by atoms with Crippen LogP contribution in [0.25, 0.3) is 0 Å². The summed E-state index contributed by atoms with van der Waals surface area (Å²) in [6.07, 6.45) is 4.11. The number of rotatable bonds is 0. The summed E-state index contributed by atoms with van der Waals surface area (Å²) < 4.78 is 0. The first-order valence-corrected chi connectivity index (χ1v) is 7.87. The Morgan fingerprint density at radius 2 is 1.90 bits per heavy atom. The van der Waals surface area contributed by atoms with Crippen LogP contribution in [0, 0.1) is 0 Å². The summed E-state index contributed by atoms with van der Waals surface area (Å²) in [4.78, 5) is 0. The van der Waals surface area contributed by atoms with Crippen LogP contribution in [0.3, 0.4) is 0 Å². The van der Waals surface area contributed by atoms with Gasteiger partial charge in [0.15, 0.2) is 7.38 Å². The third-order valence-electron chi connectivity index (χ3n) is 3.11. The molecule has 1 rings (SSSR count). The van der Waals surface area contributed by atoms with E-state index in [4.69, 9.17) is 11.1 Å². The second-order valence-corrected chi connectivity index (χ2v) is 11.0. The van der Waals surface area contributed by atoms with Crippen LogP contribution in [0.1, 0.15) is 33.1 Å². The molecular formula is C8H17ClSi. The third-order valence-corrected chi connectivity index (χ3v) is 9.58. The Kier molecular flexibility index (Phi) is 2.17. The van der Waals surface area contributed by atoms with E-state index in [-0.39, 0.29) is 0 Å². The lowest BCUT2D eigenvalue weighted by Crippen LogP contribution is -2.38. The highest BCUT2D eigenvalue weighted by atomic mass is 35.6. The first-order chi connectivity index (χ1) is 4.46. The number of hydrogen-bond donors (Lipinski definition) is 0. The van der Waals surface area contributed by atoms with Gasteiger partial charge >= 0.3 is 0 Å². The highest BCUT2D eigenvalue weighted by Crippen LogP contribution is 2.50. The summed E-state index contributed by atoms with van der Waals surface area (Å²) in [5.41, 5.74) is 0. The summed E-state index contributed by atoms with van der Waals surface area (Å²) in [5, 5.41) is 0.479. The standard InChI is InChI=1S/C8H17ClSi/c1-8(2)6-4-5-7-10(8,3)9/h4-7H2,1-3H3/t10-/m1/s1. The molecule has 0 unspecified atom stereocenters. The van der Waals surface area contributed by atoms with E-state index in [1.54, 1.807) is 0 Å². The van der Waals surface area contributed by atoms with Crippen LogP contribution in [0.4, 0.5) is 0 Å². The molecule has 0 aromatic heterocycles. The van der Waals surface area contributed by atoms with Crippen LogP contribution in [-0.2, 0) is 0 Å². The molecule has 2 heteroatoms. The third kappa shape index (κ3) is 1.40. The number of halogens is 1. The molecule has 0 aromatic rings. The SMILES string of the molecule is CC1(C)CCCC[Si@@]1(C)Cl. The molecule has 60 valence electrons. The molecule has 0 saturated carbocycles. The van der Waals surface area contributed by atoms with Crippen molar-refractivity contribution in [3.63, 3.8) is 0 Å². The van der Waals surface area contributed by atoms with Crippen molar-refractivity contribution in [1.29, 1.82) is 0 Å². The minimum absolute atomic E-state index is 0.479. The van der Waals surface area contributed by atoms with Crippen molar-refractivity contribution < 1.29 is 0 Å². The Hall–Kier alpha value is 0.507. The second-order valence-electron chi connectivity index (χ2n) is 4.29. The summed E-state index contributed by atoms with van der Waals surface area (Å²) in [5.74, 6) is 0.